The van der Waals surface area contributed by atoms with Crippen LogP contribution in [0.25, 0.3) is 0 Å². The number of amides is 1. The van der Waals surface area contributed by atoms with Gasteiger partial charge in [-0.2, -0.15) is 0 Å². The third-order valence-electron chi connectivity index (χ3n) is 1.42. The van der Waals surface area contributed by atoms with E-state index < -0.39 is 0 Å². The number of carbonyl (C=O) groups excluding carboxylic acids is 1. The highest BCUT2D eigenvalue weighted by molar-refractivity contribution is 5.77. The molecule has 0 saturated carbocycles. The van der Waals surface area contributed by atoms with Crippen molar-refractivity contribution in [3.8, 4) is 0 Å². The molecule has 0 aliphatic carbocycles. The summed E-state index contributed by atoms with van der Waals surface area (Å²) in [7, 11) is 0. The Morgan fingerprint density at radius 3 is 2.92 bits per heavy atom. The Balaban J connectivity index is 3.08. The minimum Gasteiger partial charge on any atom is -0.355 e. The lowest BCUT2D eigenvalue weighted by Crippen LogP contribution is -2.33. The smallest absolute Gasteiger partial charge is 0.233 e. The molecule has 70 valence electrons. The van der Waals surface area contributed by atoms with Gasteiger partial charge in [0, 0.05) is 6.54 Å². The van der Waals surface area contributed by atoms with Gasteiger partial charge < -0.3 is 10.6 Å². The van der Waals surface area contributed by atoms with E-state index in [0.29, 0.717) is 13.1 Å². The van der Waals surface area contributed by atoms with E-state index in [0.717, 1.165) is 19.4 Å². The van der Waals surface area contributed by atoms with Crippen LogP contribution in [0.5, 0.6) is 0 Å². The Labute approximate surface area is 74.2 Å². The van der Waals surface area contributed by atoms with E-state index in [9.17, 15) is 4.79 Å². The van der Waals surface area contributed by atoms with Gasteiger partial charge >= 0.3 is 0 Å². The van der Waals surface area contributed by atoms with Crippen molar-refractivity contribution < 1.29 is 4.79 Å². The van der Waals surface area contributed by atoms with E-state index in [1.54, 1.807) is 0 Å². The quantitative estimate of drug-likeness (QED) is 0.436. The number of rotatable bonds is 7. The SMILES string of the molecule is C=CCCCNCC(=O)NCC. The fraction of sp³-hybridized carbons (Fsp3) is 0.667. The second kappa shape index (κ2) is 8.27. The molecule has 0 aromatic carbocycles. The Kier molecular flexibility index (Phi) is 7.70. The molecule has 0 aliphatic heterocycles. The molecular formula is C9H18N2O. The number of carbonyl (C=O) groups is 1. The first-order chi connectivity index (χ1) is 5.81. The number of hydrogen-bond donors (Lipinski definition) is 2. The summed E-state index contributed by atoms with van der Waals surface area (Å²) in [5.41, 5.74) is 0. The van der Waals surface area contributed by atoms with Gasteiger partial charge in [-0.25, -0.2) is 0 Å². The molecule has 0 unspecified atom stereocenters. The van der Waals surface area contributed by atoms with Gasteiger partial charge in [0.15, 0.2) is 0 Å². The fourth-order valence-electron chi connectivity index (χ4n) is 0.833. The van der Waals surface area contributed by atoms with Crippen molar-refractivity contribution in [2.45, 2.75) is 19.8 Å². The summed E-state index contributed by atoms with van der Waals surface area (Å²) in [5.74, 6) is 0.0658. The standard InChI is InChI=1S/C9H18N2O/c1-3-5-6-7-10-8-9(12)11-4-2/h3,10H,1,4-8H2,2H3,(H,11,12). The lowest BCUT2D eigenvalue weighted by molar-refractivity contribution is -0.120. The number of nitrogens with one attached hydrogen (secondary N) is 2. The summed E-state index contributed by atoms with van der Waals surface area (Å²) in [6.07, 6.45) is 3.93. The number of hydrogen-bond acceptors (Lipinski definition) is 2. The topological polar surface area (TPSA) is 41.1 Å². The number of likely N-dealkylation sites (N-methyl/N-ethyl adjacent to an activating group) is 1. The maximum Gasteiger partial charge on any atom is 0.233 e. The minimum atomic E-state index is 0.0658. The van der Waals surface area contributed by atoms with Crippen molar-refractivity contribution >= 4 is 5.91 Å². The van der Waals surface area contributed by atoms with E-state index in [2.05, 4.69) is 17.2 Å². The molecule has 3 nitrogen and oxygen atoms in total. The summed E-state index contributed by atoms with van der Waals surface area (Å²) < 4.78 is 0. The Morgan fingerprint density at radius 2 is 2.33 bits per heavy atom. The van der Waals surface area contributed by atoms with Crippen LogP contribution in [0.3, 0.4) is 0 Å². The zero-order valence-corrected chi connectivity index (χ0v) is 7.73. The number of unbranched alkanes of at least 4 members (excludes halogenated alkanes) is 1. The van der Waals surface area contributed by atoms with Crippen molar-refractivity contribution in [2.24, 2.45) is 0 Å². The van der Waals surface area contributed by atoms with E-state index >= 15 is 0 Å². The third kappa shape index (κ3) is 7.28. The molecule has 0 rings (SSSR count). The predicted molar refractivity (Wildman–Crippen MR) is 51.0 cm³/mol. The molecule has 1 amide bonds. The van der Waals surface area contributed by atoms with Crippen LogP contribution in [-0.4, -0.2) is 25.5 Å². The van der Waals surface area contributed by atoms with Crippen molar-refractivity contribution in [2.75, 3.05) is 19.6 Å². The minimum absolute atomic E-state index is 0.0658. The largest absolute Gasteiger partial charge is 0.355 e. The van der Waals surface area contributed by atoms with Crippen molar-refractivity contribution in [1.82, 2.24) is 10.6 Å². The molecule has 0 aromatic rings. The van der Waals surface area contributed by atoms with Gasteiger partial charge in [0.25, 0.3) is 0 Å². The first-order valence-electron chi connectivity index (χ1n) is 4.39. The van der Waals surface area contributed by atoms with Crippen LogP contribution in [0.1, 0.15) is 19.8 Å². The van der Waals surface area contributed by atoms with E-state index in [4.69, 9.17) is 0 Å². The van der Waals surface area contributed by atoms with E-state index in [-0.39, 0.29) is 5.91 Å². The summed E-state index contributed by atoms with van der Waals surface area (Å²) in [6.45, 7) is 7.53. The Bertz CT molecular complexity index is 134. The molecule has 0 fully saturated rings. The first kappa shape index (κ1) is 11.2. The van der Waals surface area contributed by atoms with Crippen molar-refractivity contribution in [1.29, 1.82) is 0 Å². The van der Waals surface area contributed by atoms with Gasteiger partial charge in [0.05, 0.1) is 6.54 Å². The average Bonchev–Trinajstić information content (AvgIpc) is 2.05. The Morgan fingerprint density at radius 1 is 1.58 bits per heavy atom. The molecule has 0 heterocycles. The van der Waals surface area contributed by atoms with Gasteiger partial charge in [-0.15, -0.1) is 6.58 Å². The first-order valence-corrected chi connectivity index (χ1v) is 4.39. The zero-order chi connectivity index (χ0) is 9.23. The molecule has 0 aromatic heterocycles. The molecule has 0 aliphatic rings. The lowest BCUT2D eigenvalue weighted by atomic mass is 10.3. The molecule has 0 radical (unpaired) electrons. The second-order valence-electron chi connectivity index (χ2n) is 2.56. The fourth-order valence-corrected chi connectivity index (χ4v) is 0.833. The van der Waals surface area contributed by atoms with Gasteiger partial charge in [-0.05, 0) is 26.3 Å². The summed E-state index contributed by atoms with van der Waals surface area (Å²) in [4.78, 5) is 10.9. The molecule has 0 spiro atoms. The van der Waals surface area contributed by atoms with Crippen molar-refractivity contribution in [3.63, 3.8) is 0 Å². The molecule has 3 heteroatoms. The van der Waals surface area contributed by atoms with Crippen LogP contribution in [0.2, 0.25) is 0 Å². The molecule has 12 heavy (non-hydrogen) atoms. The van der Waals surface area contributed by atoms with Crippen LogP contribution in [0.4, 0.5) is 0 Å². The summed E-state index contributed by atoms with van der Waals surface area (Å²) in [6, 6.07) is 0. The predicted octanol–water partition coefficient (Wildman–Crippen LogP) is 0.678. The maximum atomic E-state index is 10.9. The highest BCUT2D eigenvalue weighted by Crippen LogP contribution is 1.85. The maximum absolute atomic E-state index is 10.9. The molecule has 2 N–H and O–H groups in total. The lowest BCUT2D eigenvalue weighted by Gasteiger charge is -2.03. The highest BCUT2D eigenvalue weighted by atomic mass is 16.1. The Hall–Kier alpha value is -0.830. The van der Waals surface area contributed by atoms with Crippen LogP contribution in [0.15, 0.2) is 12.7 Å². The molecule has 0 bridgehead atoms. The third-order valence-corrected chi connectivity index (χ3v) is 1.42. The molecular weight excluding hydrogens is 152 g/mol. The van der Waals surface area contributed by atoms with Crippen molar-refractivity contribution in [3.05, 3.63) is 12.7 Å². The zero-order valence-electron chi connectivity index (χ0n) is 7.73. The van der Waals surface area contributed by atoms with Crippen LogP contribution in [-0.2, 0) is 4.79 Å². The monoisotopic (exact) mass is 170 g/mol. The van der Waals surface area contributed by atoms with Crippen LogP contribution >= 0.6 is 0 Å². The van der Waals surface area contributed by atoms with Gasteiger partial charge in [0.2, 0.25) is 5.91 Å². The molecule has 0 atom stereocenters. The highest BCUT2D eigenvalue weighted by Gasteiger charge is 1.95. The number of allylic oxidation sites excluding steroid dienone is 1. The van der Waals surface area contributed by atoms with E-state index in [1.807, 2.05) is 13.0 Å². The molecule has 0 saturated heterocycles. The van der Waals surface area contributed by atoms with E-state index in [1.165, 1.54) is 0 Å². The van der Waals surface area contributed by atoms with Gasteiger partial charge in [-0.1, -0.05) is 6.08 Å². The van der Waals surface area contributed by atoms with Crippen LogP contribution in [0, 0.1) is 0 Å². The average molecular weight is 170 g/mol. The second-order valence-corrected chi connectivity index (χ2v) is 2.56. The van der Waals surface area contributed by atoms with Crippen LogP contribution < -0.4 is 10.6 Å². The normalized spacial score (nSPS) is 9.42. The van der Waals surface area contributed by atoms with Gasteiger partial charge in [-0.3, -0.25) is 4.79 Å². The summed E-state index contributed by atoms with van der Waals surface area (Å²) in [5, 5.41) is 5.76. The summed E-state index contributed by atoms with van der Waals surface area (Å²) >= 11 is 0. The van der Waals surface area contributed by atoms with Gasteiger partial charge in [0.1, 0.15) is 0 Å².